The summed E-state index contributed by atoms with van der Waals surface area (Å²) in [5.41, 5.74) is 0. The van der Waals surface area contributed by atoms with E-state index in [2.05, 4.69) is 44.7 Å². The number of allylic oxidation sites excluding steroid dienone is 2. The molecule has 1 aliphatic rings. The van der Waals surface area contributed by atoms with Gasteiger partial charge in [0.1, 0.15) is 6.10 Å². The maximum atomic E-state index is 11.4. The monoisotopic (exact) mass is 468 g/mol. The molecule has 130 valence electrons. The molecule has 0 radical (unpaired) electrons. The molecule has 0 N–H and O–H groups in total. The Kier molecular flexibility index (Phi) is 9.84. The zero-order valence-electron chi connectivity index (χ0n) is 13.4. The molecular formula is C17H23Br2ClO3. The van der Waals surface area contributed by atoms with Crippen LogP contribution in [-0.2, 0) is 14.3 Å². The molecule has 1 heterocycles. The molecule has 6 unspecified atom stereocenters. The van der Waals surface area contributed by atoms with Crippen molar-refractivity contribution in [3.8, 4) is 12.3 Å². The highest BCUT2D eigenvalue weighted by Gasteiger charge is 2.37. The van der Waals surface area contributed by atoms with Crippen LogP contribution >= 0.6 is 43.5 Å². The molecule has 0 bridgehead atoms. The van der Waals surface area contributed by atoms with Crippen molar-refractivity contribution in [2.24, 2.45) is 0 Å². The summed E-state index contributed by atoms with van der Waals surface area (Å²) >= 11 is 13.8. The second-order valence-corrected chi connectivity index (χ2v) is 8.51. The van der Waals surface area contributed by atoms with Gasteiger partial charge in [0, 0.05) is 18.2 Å². The zero-order chi connectivity index (χ0) is 17.4. The van der Waals surface area contributed by atoms with Gasteiger partial charge in [-0.25, -0.2) is 0 Å². The van der Waals surface area contributed by atoms with Crippen molar-refractivity contribution in [1.82, 2.24) is 0 Å². The molecule has 1 fully saturated rings. The molecule has 1 saturated heterocycles. The molecule has 0 saturated carbocycles. The third kappa shape index (κ3) is 7.17. The highest BCUT2D eigenvalue weighted by atomic mass is 79.9. The van der Waals surface area contributed by atoms with Crippen LogP contribution in [0.25, 0.3) is 0 Å². The van der Waals surface area contributed by atoms with Gasteiger partial charge in [-0.3, -0.25) is 4.79 Å². The van der Waals surface area contributed by atoms with Gasteiger partial charge in [-0.15, -0.1) is 18.0 Å². The van der Waals surface area contributed by atoms with Crippen LogP contribution in [0.1, 0.15) is 39.5 Å². The lowest BCUT2D eigenvalue weighted by molar-refractivity contribution is -0.148. The second-order valence-electron chi connectivity index (χ2n) is 5.59. The Morgan fingerprint density at radius 3 is 2.74 bits per heavy atom. The predicted octanol–water partition coefficient (Wildman–Crippen LogP) is 4.59. The Morgan fingerprint density at radius 2 is 2.17 bits per heavy atom. The molecule has 3 nitrogen and oxygen atoms in total. The van der Waals surface area contributed by atoms with E-state index in [1.165, 1.54) is 6.92 Å². The number of rotatable bonds is 5. The fourth-order valence-corrected chi connectivity index (χ4v) is 4.42. The minimum atomic E-state index is -0.274. The van der Waals surface area contributed by atoms with Crippen LogP contribution in [0.15, 0.2) is 12.2 Å². The van der Waals surface area contributed by atoms with Crippen molar-refractivity contribution in [1.29, 1.82) is 0 Å². The van der Waals surface area contributed by atoms with Gasteiger partial charge in [-0.1, -0.05) is 50.8 Å². The summed E-state index contributed by atoms with van der Waals surface area (Å²) in [4.78, 5) is 11.5. The summed E-state index contributed by atoms with van der Waals surface area (Å²) in [5, 5.41) is -0.190. The third-order valence-electron chi connectivity index (χ3n) is 3.77. The minimum absolute atomic E-state index is 0.00730. The van der Waals surface area contributed by atoms with Crippen LogP contribution in [0, 0.1) is 12.3 Å². The molecule has 0 aromatic heterocycles. The number of esters is 1. The van der Waals surface area contributed by atoms with Crippen LogP contribution in [-0.4, -0.2) is 39.3 Å². The highest BCUT2D eigenvalue weighted by Crippen LogP contribution is 2.33. The SMILES string of the molecule is C#CC=CCC(Cl)C1CC(Br)C(OC(C)=O)CC(Br)C(CC)O1. The molecule has 0 aliphatic carbocycles. The van der Waals surface area contributed by atoms with Gasteiger partial charge >= 0.3 is 5.97 Å². The summed E-state index contributed by atoms with van der Waals surface area (Å²) in [6, 6.07) is 0. The summed E-state index contributed by atoms with van der Waals surface area (Å²) < 4.78 is 11.7. The number of carbonyl (C=O) groups excluding carboxylic acids is 1. The maximum Gasteiger partial charge on any atom is 0.302 e. The highest BCUT2D eigenvalue weighted by molar-refractivity contribution is 9.09. The van der Waals surface area contributed by atoms with Gasteiger partial charge in [-0.2, -0.15) is 0 Å². The van der Waals surface area contributed by atoms with E-state index < -0.39 is 0 Å². The summed E-state index contributed by atoms with van der Waals surface area (Å²) in [6.45, 7) is 3.51. The molecule has 0 aromatic carbocycles. The normalized spacial score (nSPS) is 33.5. The van der Waals surface area contributed by atoms with Crippen LogP contribution in [0.3, 0.4) is 0 Å². The van der Waals surface area contributed by atoms with Crippen molar-refractivity contribution in [3.63, 3.8) is 0 Å². The van der Waals surface area contributed by atoms with E-state index in [1.807, 2.05) is 6.08 Å². The van der Waals surface area contributed by atoms with Gasteiger partial charge in [0.15, 0.2) is 0 Å². The lowest BCUT2D eigenvalue weighted by atomic mass is 9.97. The van der Waals surface area contributed by atoms with Crippen molar-refractivity contribution in [2.75, 3.05) is 0 Å². The quantitative estimate of drug-likeness (QED) is 0.335. The first kappa shape index (κ1) is 21.0. The van der Waals surface area contributed by atoms with Crippen LogP contribution in [0.2, 0.25) is 0 Å². The van der Waals surface area contributed by atoms with E-state index in [1.54, 1.807) is 6.08 Å². The van der Waals surface area contributed by atoms with Crippen molar-refractivity contribution >= 4 is 49.4 Å². The molecule has 1 rings (SSSR count). The number of carbonyl (C=O) groups is 1. The van der Waals surface area contributed by atoms with Crippen molar-refractivity contribution < 1.29 is 14.3 Å². The molecule has 0 amide bonds. The third-order valence-corrected chi connectivity index (χ3v) is 6.16. The number of halogens is 3. The van der Waals surface area contributed by atoms with Crippen molar-refractivity contribution in [2.45, 2.75) is 72.9 Å². The van der Waals surface area contributed by atoms with Gasteiger partial charge in [-0.05, 0) is 25.3 Å². The van der Waals surface area contributed by atoms with Gasteiger partial charge in [0.25, 0.3) is 0 Å². The lowest BCUT2D eigenvalue weighted by Crippen LogP contribution is -2.44. The Labute approximate surface area is 160 Å². The first-order chi connectivity index (χ1) is 10.9. The summed E-state index contributed by atoms with van der Waals surface area (Å²) in [7, 11) is 0. The Morgan fingerprint density at radius 1 is 1.48 bits per heavy atom. The number of ether oxygens (including phenoxy) is 2. The Bertz CT molecular complexity index is 450. The average Bonchev–Trinajstić information content (AvgIpc) is 2.48. The largest absolute Gasteiger partial charge is 0.461 e. The number of hydrogen-bond donors (Lipinski definition) is 0. The number of terminal acetylenes is 1. The van der Waals surface area contributed by atoms with E-state index in [9.17, 15) is 4.79 Å². The standard InChI is InChI=1S/C17H23Br2ClO3/c1-4-6-7-8-14(20)17-10-13(19)16(22-11(3)21)9-12(18)15(5-2)23-17/h1,6-7,12-17H,5,8-10H2,2-3H3. The minimum Gasteiger partial charge on any atom is -0.461 e. The molecule has 0 aromatic rings. The molecule has 1 aliphatic heterocycles. The fraction of sp³-hybridized carbons (Fsp3) is 0.706. The molecule has 6 heteroatoms. The second kappa shape index (κ2) is 10.8. The summed E-state index contributed by atoms with van der Waals surface area (Å²) in [6.07, 6.45) is 11.3. The van der Waals surface area contributed by atoms with E-state index in [-0.39, 0.29) is 39.3 Å². The number of hydrogen-bond acceptors (Lipinski definition) is 3. The predicted molar refractivity (Wildman–Crippen MR) is 101 cm³/mol. The van der Waals surface area contributed by atoms with Crippen LogP contribution < -0.4 is 0 Å². The Hall–Kier alpha value is -0.0200. The maximum absolute atomic E-state index is 11.4. The van der Waals surface area contributed by atoms with Gasteiger partial charge < -0.3 is 9.47 Å². The number of alkyl halides is 3. The molecule has 23 heavy (non-hydrogen) atoms. The van der Waals surface area contributed by atoms with Crippen LogP contribution in [0.4, 0.5) is 0 Å². The van der Waals surface area contributed by atoms with E-state index in [0.717, 1.165) is 6.42 Å². The molecule has 0 spiro atoms. The van der Waals surface area contributed by atoms with Crippen LogP contribution in [0.5, 0.6) is 0 Å². The smallest absolute Gasteiger partial charge is 0.302 e. The molecular weight excluding hydrogens is 447 g/mol. The van der Waals surface area contributed by atoms with Gasteiger partial charge in [0.05, 0.1) is 22.4 Å². The first-order valence-corrected chi connectivity index (χ1v) is 10.0. The molecule has 6 atom stereocenters. The Balaban J connectivity index is 2.87. The summed E-state index contributed by atoms with van der Waals surface area (Å²) in [5.74, 6) is 2.19. The van der Waals surface area contributed by atoms with E-state index in [4.69, 9.17) is 27.5 Å². The zero-order valence-corrected chi connectivity index (χ0v) is 17.3. The topological polar surface area (TPSA) is 35.5 Å². The van der Waals surface area contributed by atoms with E-state index in [0.29, 0.717) is 19.3 Å². The average molecular weight is 471 g/mol. The first-order valence-electron chi connectivity index (χ1n) is 7.75. The fourth-order valence-electron chi connectivity index (χ4n) is 2.60. The van der Waals surface area contributed by atoms with E-state index >= 15 is 0 Å². The lowest BCUT2D eigenvalue weighted by Gasteiger charge is -2.37. The van der Waals surface area contributed by atoms with Crippen molar-refractivity contribution in [3.05, 3.63) is 12.2 Å². The van der Waals surface area contributed by atoms with Gasteiger partial charge in [0.2, 0.25) is 0 Å².